The molecule has 3 aromatic rings. The van der Waals surface area contributed by atoms with Crippen LogP contribution in [-0.2, 0) is 17.6 Å². The molecule has 0 fully saturated rings. The molecule has 1 aliphatic carbocycles. The Morgan fingerprint density at radius 2 is 2.00 bits per heavy atom. The summed E-state index contributed by atoms with van der Waals surface area (Å²) in [6.45, 7) is 0. The summed E-state index contributed by atoms with van der Waals surface area (Å²) in [5.74, 6) is 0.437. The molecule has 0 spiro atoms. The van der Waals surface area contributed by atoms with Crippen molar-refractivity contribution >= 4 is 5.91 Å². The quantitative estimate of drug-likeness (QED) is 0.762. The van der Waals surface area contributed by atoms with E-state index in [-0.39, 0.29) is 24.2 Å². The average Bonchev–Trinajstić information content (AvgIpc) is 3.28. The summed E-state index contributed by atoms with van der Waals surface area (Å²) in [4.78, 5) is 16.5. The highest BCUT2D eigenvalue weighted by molar-refractivity contribution is 5.76. The summed E-state index contributed by atoms with van der Waals surface area (Å²) < 4.78 is 18.2. The summed E-state index contributed by atoms with van der Waals surface area (Å²) >= 11 is 0. The number of aryl methyl sites for hydroxylation is 2. The zero-order chi connectivity index (χ0) is 17.9. The standard InChI is InChI=1S/C20H18FN3O2/c21-15-8-5-14(6-9-15)20-23-19(26-24-20)12-11-18(25)22-17-10-7-13-3-1-2-4-16(13)17/h1-6,8-9,17H,7,10-12H2,(H,22,25)/t17-/m1/s1. The van der Waals surface area contributed by atoms with Gasteiger partial charge >= 0.3 is 0 Å². The van der Waals surface area contributed by atoms with Gasteiger partial charge in [0.15, 0.2) is 0 Å². The summed E-state index contributed by atoms with van der Waals surface area (Å²) in [5, 5.41) is 6.97. The number of benzene rings is 2. The van der Waals surface area contributed by atoms with Crippen molar-refractivity contribution in [3.05, 3.63) is 71.4 Å². The van der Waals surface area contributed by atoms with Crippen LogP contribution in [0.15, 0.2) is 53.1 Å². The van der Waals surface area contributed by atoms with Gasteiger partial charge in [0.1, 0.15) is 5.82 Å². The second-order valence-electron chi connectivity index (χ2n) is 6.38. The van der Waals surface area contributed by atoms with Crippen LogP contribution < -0.4 is 5.32 Å². The Balaban J connectivity index is 1.33. The summed E-state index contributed by atoms with van der Waals surface area (Å²) in [6.07, 6.45) is 2.57. The number of hydrogen-bond acceptors (Lipinski definition) is 4. The molecule has 1 aromatic heterocycles. The first-order chi connectivity index (χ1) is 12.7. The lowest BCUT2D eigenvalue weighted by atomic mass is 10.1. The topological polar surface area (TPSA) is 68.0 Å². The maximum atomic E-state index is 13.0. The fourth-order valence-electron chi connectivity index (χ4n) is 3.27. The zero-order valence-corrected chi connectivity index (χ0v) is 14.1. The Labute approximate surface area is 150 Å². The van der Waals surface area contributed by atoms with Gasteiger partial charge in [-0.25, -0.2) is 4.39 Å². The highest BCUT2D eigenvalue weighted by Crippen LogP contribution is 2.30. The van der Waals surface area contributed by atoms with E-state index in [4.69, 9.17) is 4.52 Å². The molecule has 1 atom stereocenters. The number of halogens is 1. The number of rotatable bonds is 5. The molecule has 4 rings (SSSR count). The monoisotopic (exact) mass is 351 g/mol. The smallest absolute Gasteiger partial charge is 0.227 e. The van der Waals surface area contributed by atoms with Crippen LogP contribution in [0.4, 0.5) is 4.39 Å². The van der Waals surface area contributed by atoms with Gasteiger partial charge in [-0.05, 0) is 48.2 Å². The number of carbonyl (C=O) groups excluding carboxylic acids is 1. The molecule has 0 bridgehead atoms. The largest absolute Gasteiger partial charge is 0.349 e. The predicted octanol–water partition coefficient (Wildman–Crippen LogP) is 3.61. The normalized spacial score (nSPS) is 15.7. The minimum Gasteiger partial charge on any atom is -0.349 e. The Morgan fingerprint density at radius 3 is 2.85 bits per heavy atom. The molecule has 132 valence electrons. The Bertz CT molecular complexity index is 921. The molecule has 6 heteroatoms. The van der Waals surface area contributed by atoms with Crippen LogP contribution in [0.2, 0.25) is 0 Å². The van der Waals surface area contributed by atoms with Gasteiger partial charge in [-0.2, -0.15) is 4.98 Å². The molecule has 2 aromatic carbocycles. The number of fused-ring (bicyclic) bond motifs is 1. The van der Waals surface area contributed by atoms with Crippen molar-refractivity contribution in [2.45, 2.75) is 31.7 Å². The van der Waals surface area contributed by atoms with Gasteiger partial charge in [-0.1, -0.05) is 29.4 Å². The molecular formula is C20H18FN3O2. The van der Waals surface area contributed by atoms with Gasteiger partial charge in [-0.3, -0.25) is 4.79 Å². The van der Waals surface area contributed by atoms with E-state index in [0.29, 0.717) is 23.7 Å². The molecule has 0 aliphatic heterocycles. The number of amides is 1. The molecule has 1 aliphatic rings. The highest BCUT2D eigenvalue weighted by atomic mass is 19.1. The van der Waals surface area contributed by atoms with Crippen LogP contribution in [0, 0.1) is 5.82 Å². The number of carbonyl (C=O) groups is 1. The fourth-order valence-corrected chi connectivity index (χ4v) is 3.27. The second-order valence-corrected chi connectivity index (χ2v) is 6.38. The zero-order valence-electron chi connectivity index (χ0n) is 14.1. The molecule has 0 unspecified atom stereocenters. The SMILES string of the molecule is O=C(CCc1nc(-c2ccc(F)cc2)no1)N[C@@H]1CCc2ccccc21. The van der Waals surface area contributed by atoms with E-state index in [2.05, 4.69) is 27.6 Å². The van der Waals surface area contributed by atoms with Crippen LogP contribution >= 0.6 is 0 Å². The maximum Gasteiger partial charge on any atom is 0.227 e. The van der Waals surface area contributed by atoms with Crippen molar-refractivity contribution in [1.29, 1.82) is 0 Å². The summed E-state index contributed by atoms with van der Waals surface area (Å²) in [6, 6.07) is 14.2. The van der Waals surface area contributed by atoms with Crippen molar-refractivity contribution in [3.8, 4) is 11.4 Å². The molecule has 5 nitrogen and oxygen atoms in total. The van der Waals surface area contributed by atoms with Gasteiger partial charge < -0.3 is 9.84 Å². The van der Waals surface area contributed by atoms with Crippen molar-refractivity contribution in [3.63, 3.8) is 0 Å². The van der Waals surface area contributed by atoms with E-state index in [1.54, 1.807) is 12.1 Å². The number of nitrogens with zero attached hydrogens (tertiary/aromatic N) is 2. The van der Waals surface area contributed by atoms with Crippen LogP contribution in [0.25, 0.3) is 11.4 Å². The number of aromatic nitrogens is 2. The lowest BCUT2D eigenvalue weighted by molar-refractivity contribution is -0.121. The lowest BCUT2D eigenvalue weighted by Gasteiger charge is -2.13. The number of hydrogen-bond donors (Lipinski definition) is 1. The highest BCUT2D eigenvalue weighted by Gasteiger charge is 2.23. The molecule has 26 heavy (non-hydrogen) atoms. The van der Waals surface area contributed by atoms with Crippen LogP contribution in [0.3, 0.4) is 0 Å². The van der Waals surface area contributed by atoms with Crippen molar-refractivity contribution in [1.82, 2.24) is 15.5 Å². The van der Waals surface area contributed by atoms with Crippen LogP contribution in [-0.4, -0.2) is 16.0 Å². The van der Waals surface area contributed by atoms with E-state index < -0.39 is 0 Å². The van der Waals surface area contributed by atoms with Crippen molar-refractivity contribution in [2.75, 3.05) is 0 Å². The lowest BCUT2D eigenvalue weighted by Crippen LogP contribution is -2.27. The van der Waals surface area contributed by atoms with Crippen LogP contribution in [0.1, 0.15) is 35.9 Å². The minimum atomic E-state index is -0.317. The van der Waals surface area contributed by atoms with Gasteiger partial charge in [0.05, 0.1) is 6.04 Å². The summed E-state index contributed by atoms with van der Waals surface area (Å²) in [5.41, 5.74) is 3.18. The molecule has 0 saturated heterocycles. The molecule has 1 amide bonds. The fraction of sp³-hybridized carbons (Fsp3) is 0.250. The Kier molecular flexibility index (Phi) is 4.48. The predicted molar refractivity (Wildman–Crippen MR) is 93.7 cm³/mol. The first-order valence-corrected chi connectivity index (χ1v) is 8.65. The van der Waals surface area contributed by atoms with E-state index in [9.17, 15) is 9.18 Å². The van der Waals surface area contributed by atoms with E-state index >= 15 is 0 Å². The molecule has 1 heterocycles. The molecule has 0 radical (unpaired) electrons. The molecular weight excluding hydrogens is 333 g/mol. The van der Waals surface area contributed by atoms with Gasteiger partial charge in [-0.15, -0.1) is 0 Å². The summed E-state index contributed by atoms with van der Waals surface area (Å²) in [7, 11) is 0. The maximum absolute atomic E-state index is 13.0. The van der Waals surface area contributed by atoms with E-state index in [1.807, 2.05) is 12.1 Å². The molecule has 0 saturated carbocycles. The Hall–Kier alpha value is -3.02. The first kappa shape index (κ1) is 16.4. The third-order valence-corrected chi connectivity index (χ3v) is 4.60. The van der Waals surface area contributed by atoms with Crippen molar-refractivity contribution in [2.24, 2.45) is 0 Å². The average molecular weight is 351 g/mol. The minimum absolute atomic E-state index is 0.0340. The first-order valence-electron chi connectivity index (χ1n) is 8.65. The second kappa shape index (κ2) is 7.07. The van der Waals surface area contributed by atoms with Gasteiger partial charge in [0.25, 0.3) is 0 Å². The number of nitrogens with one attached hydrogen (secondary N) is 1. The third kappa shape index (κ3) is 3.49. The van der Waals surface area contributed by atoms with Crippen LogP contribution in [0.5, 0.6) is 0 Å². The van der Waals surface area contributed by atoms with Gasteiger partial charge in [0, 0.05) is 18.4 Å². The van der Waals surface area contributed by atoms with Gasteiger partial charge in [0.2, 0.25) is 17.6 Å². The Morgan fingerprint density at radius 1 is 1.19 bits per heavy atom. The molecule has 1 N–H and O–H groups in total. The van der Waals surface area contributed by atoms with Crippen molar-refractivity contribution < 1.29 is 13.7 Å². The van der Waals surface area contributed by atoms with E-state index in [1.165, 1.54) is 23.3 Å². The third-order valence-electron chi connectivity index (χ3n) is 4.60. The van der Waals surface area contributed by atoms with E-state index in [0.717, 1.165) is 12.8 Å².